The van der Waals surface area contributed by atoms with Crippen molar-refractivity contribution in [3.63, 3.8) is 0 Å². The van der Waals surface area contributed by atoms with Gasteiger partial charge in [-0.2, -0.15) is 0 Å². The summed E-state index contributed by atoms with van der Waals surface area (Å²) in [5.74, 6) is -5.05. The molecular formula is C17H31N5O8. The summed E-state index contributed by atoms with van der Waals surface area (Å²) in [7, 11) is 0. The third kappa shape index (κ3) is 11.3. The van der Waals surface area contributed by atoms with E-state index in [1.807, 2.05) is 0 Å². The number of carbonyl (C=O) groups is 5. The second kappa shape index (κ2) is 14.3. The standard InChI is InChI=1S/C17H31N5O8/c1-9(23)14(22-15(27)10(19)4-2-3-7-18)16(28)20-8-12(24)21-11(17(29)30)5-6-13(25)26/h9-11,14,23H,2-8,18-19H2,1H3,(H,20,28)(H,21,24)(H,22,27)(H,25,26)(H,29,30). The molecule has 13 heteroatoms. The molecule has 4 atom stereocenters. The average molecular weight is 433 g/mol. The van der Waals surface area contributed by atoms with Crippen molar-refractivity contribution in [2.45, 2.75) is 63.3 Å². The van der Waals surface area contributed by atoms with Gasteiger partial charge in [-0.3, -0.25) is 19.2 Å². The molecule has 13 nitrogen and oxygen atoms in total. The molecular weight excluding hydrogens is 402 g/mol. The van der Waals surface area contributed by atoms with E-state index in [0.29, 0.717) is 25.8 Å². The zero-order valence-electron chi connectivity index (χ0n) is 16.8. The van der Waals surface area contributed by atoms with Crippen molar-refractivity contribution in [1.29, 1.82) is 0 Å². The lowest BCUT2D eigenvalue weighted by Gasteiger charge is -2.23. The number of hydrogen-bond acceptors (Lipinski definition) is 8. The highest BCUT2D eigenvalue weighted by Crippen LogP contribution is 2.01. The summed E-state index contributed by atoms with van der Waals surface area (Å²) in [5, 5.41) is 34.0. The zero-order chi connectivity index (χ0) is 23.3. The maximum Gasteiger partial charge on any atom is 0.326 e. The summed E-state index contributed by atoms with van der Waals surface area (Å²) in [6.45, 7) is 1.07. The van der Waals surface area contributed by atoms with Crippen LogP contribution in [0.2, 0.25) is 0 Å². The Morgan fingerprint density at radius 1 is 0.967 bits per heavy atom. The van der Waals surface area contributed by atoms with Crippen LogP contribution in [0, 0.1) is 0 Å². The van der Waals surface area contributed by atoms with Gasteiger partial charge in [0.25, 0.3) is 0 Å². The minimum atomic E-state index is -1.44. The number of aliphatic carboxylic acids is 2. The molecule has 30 heavy (non-hydrogen) atoms. The van der Waals surface area contributed by atoms with E-state index in [-0.39, 0.29) is 6.42 Å². The third-order valence-corrected chi connectivity index (χ3v) is 4.07. The van der Waals surface area contributed by atoms with E-state index in [2.05, 4.69) is 16.0 Å². The second-order valence-corrected chi connectivity index (χ2v) is 6.73. The van der Waals surface area contributed by atoms with Crippen LogP contribution in [-0.2, 0) is 24.0 Å². The Morgan fingerprint density at radius 2 is 1.60 bits per heavy atom. The predicted molar refractivity (Wildman–Crippen MR) is 104 cm³/mol. The zero-order valence-corrected chi connectivity index (χ0v) is 16.8. The fraction of sp³-hybridized carbons (Fsp3) is 0.706. The first kappa shape index (κ1) is 27.2. The van der Waals surface area contributed by atoms with Gasteiger partial charge in [-0.1, -0.05) is 6.42 Å². The Hall–Kier alpha value is -2.77. The number of carbonyl (C=O) groups excluding carboxylic acids is 3. The molecule has 0 fully saturated rings. The Kier molecular flexibility index (Phi) is 12.9. The second-order valence-electron chi connectivity index (χ2n) is 6.73. The first-order chi connectivity index (χ1) is 14.0. The van der Waals surface area contributed by atoms with E-state index in [1.54, 1.807) is 0 Å². The van der Waals surface area contributed by atoms with Crippen LogP contribution in [-0.4, -0.2) is 82.3 Å². The van der Waals surface area contributed by atoms with Crippen LogP contribution in [0.1, 0.15) is 39.0 Å². The summed E-state index contributed by atoms with van der Waals surface area (Å²) in [6.07, 6.45) is -0.462. The Bertz CT molecular complexity index is 613. The van der Waals surface area contributed by atoms with Crippen molar-refractivity contribution in [2.24, 2.45) is 11.5 Å². The van der Waals surface area contributed by atoms with Gasteiger partial charge in [0.1, 0.15) is 12.1 Å². The number of nitrogens with one attached hydrogen (secondary N) is 3. The SMILES string of the molecule is CC(O)C(NC(=O)C(N)CCCCN)C(=O)NCC(=O)NC(CCC(=O)O)C(=O)O. The number of aliphatic hydroxyl groups excluding tert-OH is 1. The fourth-order valence-electron chi connectivity index (χ4n) is 2.35. The number of hydrogen-bond donors (Lipinski definition) is 8. The lowest BCUT2D eigenvalue weighted by molar-refractivity contribution is -0.143. The fourth-order valence-corrected chi connectivity index (χ4v) is 2.35. The molecule has 0 radical (unpaired) electrons. The van der Waals surface area contributed by atoms with Gasteiger partial charge < -0.3 is 42.7 Å². The molecule has 0 spiro atoms. The lowest BCUT2D eigenvalue weighted by Crippen LogP contribution is -2.57. The molecule has 172 valence electrons. The van der Waals surface area contributed by atoms with Crippen molar-refractivity contribution in [2.75, 3.05) is 13.1 Å². The van der Waals surface area contributed by atoms with Crippen molar-refractivity contribution in [1.82, 2.24) is 16.0 Å². The van der Waals surface area contributed by atoms with Crippen molar-refractivity contribution in [3.05, 3.63) is 0 Å². The molecule has 0 aromatic rings. The molecule has 0 saturated carbocycles. The summed E-state index contributed by atoms with van der Waals surface area (Å²) >= 11 is 0. The molecule has 0 aromatic carbocycles. The third-order valence-electron chi connectivity index (χ3n) is 4.07. The number of rotatable bonds is 15. The van der Waals surface area contributed by atoms with E-state index in [0.717, 1.165) is 0 Å². The van der Waals surface area contributed by atoms with Crippen LogP contribution >= 0.6 is 0 Å². The summed E-state index contributed by atoms with van der Waals surface area (Å²) < 4.78 is 0. The van der Waals surface area contributed by atoms with Gasteiger partial charge in [0.05, 0.1) is 18.7 Å². The molecule has 0 aliphatic heterocycles. The van der Waals surface area contributed by atoms with Crippen LogP contribution in [0.25, 0.3) is 0 Å². The van der Waals surface area contributed by atoms with Crippen LogP contribution in [0.5, 0.6) is 0 Å². The molecule has 0 aliphatic rings. The number of amides is 3. The smallest absolute Gasteiger partial charge is 0.326 e. The number of carboxylic acid groups (broad SMARTS) is 2. The van der Waals surface area contributed by atoms with Gasteiger partial charge in [0.2, 0.25) is 17.7 Å². The highest BCUT2D eigenvalue weighted by Gasteiger charge is 2.28. The molecule has 10 N–H and O–H groups in total. The normalized spacial score (nSPS) is 14.7. The van der Waals surface area contributed by atoms with E-state index in [1.165, 1.54) is 6.92 Å². The number of aliphatic hydroxyl groups is 1. The van der Waals surface area contributed by atoms with E-state index in [9.17, 15) is 29.1 Å². The minimum absolute atomic E-state index is 0.335. The monoisotopic (exact) mass is 433 g/mol. The Labute approximate surface area is 173 Å². The first-order valence-corrected chi connectivity index (χ1v) is 9.45. The number of nitrogens with two attached hydrogens (primary N) is 2. The van der Waals surface area contributed by atoms with Gasteiger partial charge in [-0.05, 0) is 32.7 Å². The van der Waals surface area contributed by atoms with Gasteiger partial charge >= 0.3 is 11.9 Å². The minimum Gasteiger partial charge on any atom is -0.481 e. The van der Waals surface area contributed by atoms with Crippen molar-refractivity contribution >= 4 is 29.7 Å². The molecule has 3 amide bonds. The highest BCUT2D eigenvalue weighted by molar-refractivity contribution is 5.93. The Morgan fingerprint density at radius 3 is 2.10 bits per heavy atom. The van der Waals surface area contributed by atoms with E-state index >= 15 is 0 Å². The number of unbranched alkanes of at least 4 members (excludes halogenated alkanes) is 1. The maximum absolute atomic E-state index is 12.2. The topological polar surface area (TPSA) is 234 Å². The largest absolute Gasteiger partial charge is 0.481 e. The van der Waals surface area contributed by atoms with Crippen LogP contribution in [0.15, 0.2) is 0 Å². The van der Waals surface area contributed by atoms with Crippen molar-refractivity contribution in [3.8, 4) is 0 Å². The molecule has 4 unspecified atom stereocenters. The van der Waals surface area contributed by atoms with Gasteiger partial charge in [-0.25, -0.2) is 4.79 Å². The molecule has 0 bridgehead atoms. The van der Waals surface area contributed by atoms with Crippen LogP contribution in [0.3, 0.4) is 0 Å². The average Bonchev–Trinajstić information content (AvgIpc) is 2.66. The predicted octanol–water partition coefficient (Wildman–Crippen LogP) is -3.14. The highest BCUT2D eigenvalue weighted by atomic mass is 16.4. The molecule has 0 rings (SSSR count). The molecule has 0 aliphatic carbocycles. The van der Waals surface area contributed by atoms with Crippen LogP contribution in [0.4, 0.5) is 0 Å². The lowest BCUT2D eigenvalue weighted by atomic mass is 10.1. The summed E-state index contributed by atoms with van der Waals surface area (Å²) in [4.78, 5) is 57.8. The maximum atomic E-state index is 12.2. The van der Waals surface area contributed by atoms with E-state index < -0.39 is 66.9 Å². The van der Waals surface area contributed by atoms with Gasteiger partial charge in [0.15, 0.2) is 0 Å². The van der Waals surface area contributed by atoms with E-state index in [4.69, 9.17) is 21.7 Å². The summed E-state index contributed by atoms with van der Waals surface area (Å²) in [5.41, 5.74) is 11.1. The molecule has 0 aromatic heterocycles. The van der Waals surface area contributed by atoms with Crippen molar-refractivity contribution < 1.29 is 39.3 Å². The molecule has 0 heterocycles. The summed E-state index contributed by atoms with van der Waals surface area (Å²) in [6, 6.07) is -3.73. The van der Waals surface area contributed by atoms with Crippen LogP contribution < -0.4 is 27.4 Å². The quantitative estimate of drug-likeness (QED) is 0.121. The van der Waals surface area contributed by atoms with Gasteiger partial charge in [0, 0.05) is 6.42 Å². The molecule has 0 saturated heterocycles. The number of carboxylic acids is 2. The Balaban J connectivity index is 4.69. The first-order valence-electron chi connectivity index (χ1n) is 9.45. The van der Waals surface area contributed by atoms with Gasteiger partial charge in [-0.15, -0.1) is 0 Å².